The van der Waals surface area contributed by atoms with Gasteiger partial charge < -0.3 is 10.6 Å². The van der Waals surface area contributed by atoms with Crippen molar-refractivity contribution in [3.05, 3.63) is 12.2 Å². The standard InChI is InChI=1S/C11H22N2/c1-9(2)4-6-13-7-5-11(8-13)10(3)12/h10-11H,1,4-8,12H2,2-3H3. The average Bonchev–Trinajstić information content (AvgIpc) is 2.48. The van der Waals surface area contributed by atoms with Gasteiger partial charge in [-0.25, -0.2) is 0 Å². The molecule has 1 aliphatic heterocycles. The van der Waals surface area contributed by atoms with Crippen molar-refractivity contribution >= 4 is 0 Å². The van der Waals surface area contributed by atoms with Crippen LogP contribution in [0.3, 0.4) is 0 Å². The Morgan fingerprint density at radius 1 is 1.69 bits per heavy atom. The predicted molar refractivity (Wildman–Crippen MR) is 57.6 cm³/mol. The molecule has 0 bridgehead atoms. The van der Waals surface area contributed by atoms with E-state index in [-0.39, 0.29) is 0 Å². The van der Waals surface area contributed by atoms with Gasteiger partial charge in [0.2, 0.25) is 0 Å². The van der Waals surface area contributed by atoms with Gasteiger partial charge in [0.1, 0.15) is 0 Å². The monoisotopic (exact) mass is 182 g/mol. The lowest BCUT2D eigenvalue weighted by molar-refractivity contribution is 0.319. The highest BCUT2D eigenvalue weighted by Crippen LogP contribution is 2.18. The first-order chi connectivity index (χ1) is 6.09. The Bertz CT molecular complexity index is 175. The van der Waals surface area contributed by atoms with Crippen LogP contribution in [0, 0.1) is 5.92 Å². The Balaban J connectivity index is 2.21. The number of rotatable bonds is 4. The van der Waals surface area contributed by atoms with Crippen molar-refractivity contribution in [3.8, 4) is 0 Å². The first-order valence-electron chi connectivity index (χ1n) is 5.22. The lowest BCUT2D eigenvalue weighted by atomic mass is 10.0. The van der Waals surface area contributed by atoms with Gasteiger partial charge in [-0.1, -0.05) is 5.57 Å². The molecule has 1 saturated heterocycles. The normalized spacial score (nSPS) is 26.2. The zero-order chi connectivity index (χ0) is 9.84. The van der Waals surface area contributed by atoms with E-state index in [4.69, 9.17) is 5.73 Å². The number of hydrogen-bond donors (Lipinski definition) is 1. The number of likely N-dealkylation sites (tertiary alicyclic amines) is 1. The summed E-state index contributed by atoms with van der Waals surface area (Å²) >= 11 is 0. The van der Waals surface area contributed by atoms with Crippen LogP contribution in [0.4, 0.5) is 0 Å². The minimum absolute atomic E-state index is 0.356. The fourth-order valence-corrected chi connectivity index (χ4v) is 1.84. The fourth-order valence-electron chi connectivity index (χ4n) is 1.84. The second-order valence-electron chi connectivity index (χ2n) is 4.42. The van der Waals surface area contributed by atoms with Crippen molar-refractivity contribution in [2.45, 2.75) is 32.7 Å². The van der Waals surface area contributed by atoms with Gasteiger partial charge >= 0.3 is 0 Å². The van der Waals surface area contributed by atoms with Gasteiger partial charge in [0.15, 0.2) is 0 Å². The molecule has 2 unspecified atom stereocenters. The Labute approximate surface area is 81.8 Å². The van der Waals surface area contributed by atoms with Crippen LogP contribution < -0.4 is 5.73 Å². The number of nitrogens with two attached hydrogens (primary N) is 1. The maximum atomic E-state index is 5.87. The minimum atomic E-state index is 0.356. The maximum absolute atomic E-state index is 5.87. The molecule has 1 rings (SSSR count). The van der Waals surface area contributed by atoms with E-state index in [0.717, 1.165) is 6.42 Å². The van der Waals surface area contributed by atoms with E-state index in [1.165, 1.54) is 31.6 Å². The molecule has 0 aromatic carbocycles. The third-order valence-electron chi connectivity index (χ3n) is 2.91. The van der Waals surface area contributed by atoms with Gasteiger partial charge in [0.05, 0.1) is 0 Å². The van der Waals surface area contributed by atoms with Crippen molar-refractivity contribution in [1.82, 2.24) is 4.90 Å². The van der Waals surface area contributed by atoms with Crippen LogP contribution in [0.25, 0.3) is 0 Å². The second kappa shape index (κ2) is 4.77. The molecule has 0 amide bonds. The summed E-state index contributed by atoms with van der Waals surface area (Å²) in [4.78, 5) is 2.50. The van der Waals surface area contributed by atoms with E-state index in [1.807, 2.05) is 0 Å². The summed E-state index contributed by atoms with van der Waals surface area (Å²) in [7, 11) is 0. The Morgan fingerprint density at radius 2 is 2.38 bits per heavy atom. The van der Waals surface area contributed by atoms with Crippen LogP contribution in [0.1, 0.15) is 26.7 Å². The summed E-state index contributed by atoms with van der Waals surface area (Å²) in [5.41, 5.74) is 7.15. The number of hydrogen-bond acceptors (Lipinski definition) is 2. The molecule has 2 nitrogen and oxygen atoms in total. The van der Waals surface area contributed by atoms with Crippen molar-refractivity contribution < 1.29 is 0 Å². The molecule has 76 valence electrons. The Hall–Kier alpha value is -0.340. The van der Waals surface area contributed by atoms with Crippen LogP contribution in [-0.4, -0.2) is 30.6 Å². The molecular formula is C11H22N2. The summed E-state index contributed by atoms with van der Waals surface area (Å²) < 4.78 is 0. The molecule has 2 N–H and O–H groups in total. The molecule has 0 aromatic heterocycles. The van der Waals surface area contributed by atoms with Gasteiger partial charge in [0, 0.05) is 19.1 Å². The molecule has 2 atom stereocenters. The summed E-state index contributed by atoms with van der Waals surface area (Å²) in [6.45, 7) is 11.7. The molecule has 2 heteroatoms. The Kier molecular flexibility index (Phi) is 3.94. The highest BCUT2D eigenvalue weighted by Gasteiger charge is 2.24. The molecule has 0 aromatic rings. The summed E-state index contributed by atoms with van der Waals surface area (Å²) in [6, 6.07) is 0.356. The van der Waals surface area contributed by atoms with E-state index in [1.54, 1.807) is 0 Å². The van der Waals surface area contributed by atoms with Crippen LogP contribution in [0.15, 0.2) is 12.2 Å². The maximum Gasteiger partial charge on any atom is 0.00514 e. The van der Waals surface area contributed by atoms with Gasteiger partial charge in [0.25, 0.3) is 0 Å². The molecule has 0 aliphatic carbocycles. The minimum Gasteiger partial charge on any atom is -0.328 e. The first-order valence-corrected chi connectivity index (χ1v) is 5.22. The highest BCUT2D eigenvalue weighted by molar-refractivity contribution is 4.90. The zero-order valence-corrected chi connectivity index (χ0v) is 8.92. The summed E-state index contributed by atoms with van der Waals surface area (Å²) in [5.74, 6) is 0.713. The predicted octanol–water partition coefficient (Wildman–Crippen LogP) is 1.62. The van der Waals surface area contributed by atoms with E-state index < -0.39 is 0 Å². The molecule has 0 spiro atoms. The first kappa shape index (κ1) is 10.7. The van der Waals surface area contributed by atoms with E-state index in [0.29, 0.717) is 12.0 Å². The van der Waals surface area contributed by atoms with Crippen LogP contribution >= 0.6 is 0 Å². The molecule has 1 aliphatic rings. The van der Waals surface area contributed by atoms with Crippen LogP contribution in [0.5, 0.6) is 0 Å². The van der Waals surface area contributed by atoms with Crippen molar-refractivity contribution in [2.75, 3.05) is 19.6 Å². The third kappa shape index (κ3) is 3.49. The lowest BCUT2D eigenvalue weighted by Gasteiger charge is -2.17. The molecular weight excluding hydrogens is 160 g/mol. The quantitative estimate of drug-likeness (QED) is 0.669. The second-order valence-corrected chi connectivity index (χ2v) is 4.42. The van der Waals surface area contributed by atoms with Crippen LogP contribution in [-0.2, 0) is 0 Å². The molecule has 13 heavy (non-hydrogen) atoms. The van der Waals surface area contributed by atoms with Crippen molar-refractivity contribution in [3.63, 3.8) is 0 Å². The van der Waals surface area contributed by atoms with Crippen LogP contribution in [0.2, 0.25) is 0 Å². The van der Waals surface area contributed by atoms with Gasteiger partial charge in [-0.2, -0.15) is 0 Å². The van der Waals surface area contributed by atoms with Gasteiger partial charge in [-0.3, -0.25) is 0 Å². The molecule has 0 radical (unpaired) electrons. The summed E-state index contributed by atoms with van der Waals surface area (Å²) in [5, 5.41) is 0. The van der Waals surface area contributed by atoms with E-state index in [9.17, 15) is 0 Å². The zero-order valence-electron chi connectivity index (χ0n) is 8.92. The molecule has 1 heterocycles. The lowest BCUT2D eigenvalue weighted by Crippen LogP contribution is -2.30. The third-order valence-corrected chi connectivity index (χ3v) is 2.91. The summed E-state index contributed by atoms with van der Waals surface area (Å²) in [6.07, 6.45) is 2.40. The SMILES string of the molecule is C=C(C)CCN1CCC(C(C)N)C1. The smallest absolute Gasteiger partial charge is 0.00514 e. The topological polar surface area (TPSA) is 29.3 Å². The molecule has 1 fully saturated rings. The fraction of sp³-hybridized carbons (Fsp3) is 0.818. The average molecular weight is 182 g/mol. The van der Waals surface area contributed by atoms with Gasteiger partial charge in [-0.05, 0) is 39.2 Å². The van der Waals surface area contributed by atoms with Gasteiger partial charge in [-0.15, -0.1) is 6.58 Å². The largest absolute Gasteiger partial charge is 0.328 e. The molecule has 0 saturated carbocycles. The number of nitrogens with zero attached hydrogens (tertiary/aromatic N) is 1. The van der Waals surface area contributed by atoms with E-state index in [2.05, 4.69) is 25.3 Å². The van der Waals surface area contributed by atoms with Crippen molar-refractivity contribution in [1.29, 1.82) is 0 Å². The Morgan fingerprint density at radius 3 is 2.85 bits per heavy atom. The highest BCUT2D eigenvalue weighted by atomic mass is 15.1. The van der Waals surface area contributed by atoms with E-state index >= 15 is 0 Å². The van der Waals surface area contributed by atoms with Crippen molar-refractivity contribution in [2.24, 2.45) is 11.7 Å².